The summed E-state index contributed by atoms with van der Waals surface area (Å²) in [5.41, 5.74) is 1.16. The van der Waals surface area contributed by atoms with Gasteiger partial charge in [-0.3, -0.25) is 0 Å². The summed E-state index contributed by atoms with van der Waals surface area (Å²) in [6.45, 7) is 7.07. The Labute approximate surface area is 96.3 Å². The standard InChI is InChI=1S/C13H17FN2/c1-4-5-16(10(2)3)13-7-11(9-15)6-12(14)8-13/h6-8,10H,4-5H2,1-3H3. The average Bonchev–Trinajstić information content (AvgIpc) is 2.24. The number of nitriles is 1. The van der Waals surface area contributed by atoms with E-state index in [1.807, 2.05) is 6.07 Å². The van der Waals surface area contributed by atoms with Gasteiger partial charge in [0.15, 0.2) is 0 Å². The van der Waals surface area contributed by atoms with Crippen molar-refractivity contribution in [3.8, 4) is 6.07 Å². The molecule has 0 aliphatic heterocycles. The van der Waals surface area contributed by atoms with Crippen LogP contribution in [0.1, 0.15) is 32.8 Å². The summed E-state index contributed by atoms with van der Waals surface area (Å²) in [4.78, 5) is 2.10. The molecule has 0 radical (unpaired) electrons. The smallest absolute Gasteiger partial charge is 0.126 e. The fraction of sp³-hybridized carbons (Fsp3) is 0.462. The minimum atomic E-state index is -0.351. The lowest BCUT2D eigenvalue weighted by atomic mass is 10.1. The van der Waals surface area contributed by atoms with Crippen LogP contribution < -0.4 is 4.90 Å². The van der Waals surface area contributed by atoms with Gasteiger partial charge in [0.25, 0.3) is 0 Å². The molecule has 0 atom stereocenters. The second-order valence-electron chi connectivity index (χ2n) is 4.10. The molecule has 1 aromatic carbocycles. The van der Waals surface area contributed by atoms with E-state index in [0.29, 0.717) is 11.6 Å². The molecule has 0 spiro atoms. The lowest BCUT2D eigenvalue weighted by Crippen LogP contribution is -2.31. The monoisotopic (exact) mass is 220 g/mol. The lowest BCUT2D eigenvalue weighted by Gasteiger charge is -2.28. The first-order valence-electron chi connectivity index (χ1n) is 5.55. The predicted molar refractivity (Wildman–Crippen MR) is 63.9 cm³/mol. The molecule has 0 fully saturated rings. The second kappa shape index (κ2) is 5.50. The van der Waals surface area contributed by atoms with Gasteiger partial charge in [-0.2, -0.15) is 5.26 Å². The zero-order chi connectivity index (χ0) is 12.1. The number of benzene rings is 1. The van der Waals surface area contributed by atoms with Crippen LogP contribution in [0.2, 0.25) is 0 Å². The van der Waals surface area contributed by atoms with Crippen LogP contribution in [0.4, 0.5) is 10.1 Å². The van der Waals surface area contributed by atoms with Crippen LogP contribution in [0.3, 0.4) is 0 Å². The van der Waals surface area contributed by atoms with Gasteiger partial charge in [-0.15, -0.1) is 0 Å². The van der Waals surface area contributed by atoms with Crippen LogP contribution in [-0.4, -0.2) is 12.6 Å². The normalized spacial score (nSPS) is 10.2. The van der Waals surface area contributed by atoms with Gasteiger partial charge in [-0.25, -0.2) is 4.39 Å². The van der Waals surface area contributed by atoms with E-state index in [1.165, 1.54) is 12.1 Å². The Hall–Kier alpha value is -1.56. The second-order valence-corrected chi connectivity index (χ2v) is 4.10. The molecule has 0 aromatic heterocycles. The molecular weight excluding hydrogens is 203 g/mol. The summed E-state index contributed by atoms with van der Waals surface area (Å²) < 4.78 is 13.3. The van der Waals surface area contributed by atoms with Gasteiger partial charge in [-0.1, -0.05) is 6.92 Å². The molecule has 3 heteroatoms. The zero-order valence-corrected chi connectivity index (χ0v) is 10.00. The Balaban J connectivity index is 3.09. The maximum absolute atomic E-state index is 13.3. The van der Waals surface area contributed by atoms with Crippen molar-refractivity contribution in [2.24, 2.45) is 0 Å². The van der Waals surface area contributed by atoms with Crippen molar-refractivity contribution in [3.05, 3.63) is 29.6 Å². The molecule has 2 nitrogen and oxygen atoms in total. The number of rotatable bonds is 4. The summed E-state index contributed by atoms with van der Waals surface area (Å²) >= 11 is 0. The van der Waals surface area contributed by atoms with E-state index >= 15 is 0 Å². The summed E-state index contributed by atoms with van der Waals surface area (Å²) in [5, 5.41) is 8.80. The van der Waals surface area contributed by atoms with Crippen LogP contribution in [0.15, 0.2) is 18.2 Å². The van der Waals surface area contributed by atoms with Gasteiger partial charge >= 0.3 is 0 Å². The van der Waals surface area contributed by atoms with Gasteiger partial charge in [0.1, 0.15) is 5.82 Å². The minimum Gasteiger partial charge on any atom is -0.369 e. The molecule has 0 amide bonds. The quantitative estimate of drug-likeness (QED) is 0.778. The zero-order valence-electron chi connectivity index (χ0n) is 10.00. The molecule has 0 heterocycles. The third kappa shape index (κ3) is 2.96. The maximum atomic E-state index is 13.3. The molecule has 0 N–H and O–H groups in total. The maximum Gasteiger partial charge on any atom is 0.126 e. The van der Waals surface area contributed by atoms with Crippen LogP contribution in [0, 0.1) is 17.1 Å². The number of hydrogen-bond acceptors (Lipinski definition) is 2. The molecule has 0 saturated carbocycles. The first kappa shape index (κ1) is 12.5. The van der Waals surface area contributed by atoms with Gasteiger partial charge in [0.05, 0.1) is 11.6 Å². The highest BCUT2D eigenvalue weighted by Crippen LogP contribution is 2.20. The largest absolute Gasteiger partial charge is 0.369 e. The number of anilines is 1. The molecule has 1 rings (SSSR count). The van der Waals surface area contributed by atoms with Crippen molar-refractivity contribution >= 4 is 5.69 Å². The van der Waals surface area contributed by atoms with Crippen molar-refractivity contribution in [1.82, 2.24) is 0 Å². The van der Waals surface area contributed by atoms with E-state index in [2.05, 4.69) is 25.7 Å². The third-order valence-electron chi connectivity index (χ3n) is 2.43. The van der Waals surface area contributed by atoms with E-state index in [-0.39, 0.29) is 5.82 Å². The lowest BCUT2D eigenvalue weighted by molar-refractivity contribution is 0.620. The van der Waals surface area contributed by atoms with Gasteiger partial charge < -0.3 is 4.90 Å². The Bertz CT molecular complexity index is 393. The van der Waals surface area contributed by atoms with Crippen molar-refractivity contribution in [2.45, 2.75) is 33.2 Å². The SMILES string of the molecule is CCCN(c1cc(F)cc(C#N)c1)C(C)C. The van der Waals surface area contributed by atoms with Crippen molar-refractivity contribution in [2.75, 3.05) is 11.4 Å². The molecule has 0 bridgehead atoms. The average molecular weight is 220 g/mol. The molecule has 0 unspecified atom stereocenters. The summed E-state index contributed by atoms with van der Waals surface area (Å²) in [5.74, 6) is -0.351. The van der Waals surface area contributed by atoms with Gasteiger partial charge in [0.2, 0.25) is 0 Å². The van der Waals surface area contributed by atoms with Crippen LogP contribution in [0.5, 0.6) is 0 Å². The predicted octanol–water partition coefficient (Wildman–Crippen LogP) is 3.32. The Morgan fingerprint density at radius 3 is 2.56 bits per heavy atom. The molecule has 0 aliphatic carbocycles. The van der Waals surface area contributed by atoms with Crippen LogP contribution in [0.25, 0.3) is 0 Å². The summed E-state index contributed by atoms with van der Waals surface area (Å²) in [6, 6.07) is 6.75. The van der Waals surface area contributed by atoms with E-state index in [1.54, 1.807) is 6.07 Å². The van der Waals surface area contributed by atoms with Gasteiger partial charge in [-0.05, 0) is 38.5 Å². The molecular formula is C13H17FN2. The topological polar surface area (TPSA) is 27.0 Å². The van der Waals surface area contributed by atoms with E-state index in [4.69, 9.17) is 5.26 Å². The number of halogens is 1. The van der Waals surface area contributed by atoms with Crippen molar-refractivity contribution in [1.29, 1.82) is 5.26 Å². The minimum absolute atomic E-state index is 0.299. The highest BCUT2D eigenvalue weighted by Gasteiger charge is 2.11. The number of nitrogens with zero attached hydrogens (tertiary/aromatic N) is 2. The number of hydrogen-bond donors (Lipinski definition) is 0. The Kier molecular flexibility index (Phi) is 4.30. The van der Waals surface area contributed by atoms with Crippen molar-refractivity contribution in [3.63, 3.8) is 0 Å². The molecule has 0 saturated heterocycles. The van der Waals surface area contributed by atoms with E-state index in [0.717, 1.165) is 18.7 Å². The molecule has 0 aliphatic rings. The first-order chi connectivity index (χ1) is 7.58. The van der Waals surface area contributed by atoms with Crippen molar-refractivity contribution < 1.29 is 4.39 Å². The van der Waals surface area contributed by atoms with Crippen LogP contribution >= 0.6 is 0 Å². The summed E-state index contributed by atoms with van der Waals surface area (Å²) in [7, 11) is 0. The summed E-state index contributed by atoms with van der Waals surface area (Å²) in [6.07, 6.45) is 0.997. The highest BCUT2D eigenvalue weighted by molar-refractivity contribution is 5.52. The third-order valence-corrected chi connectivity index (χ3v) is 2.43. The molecule has 1 aromatic rings. The van der Waals surface area contributed by atoms with E-state index < -0.39 is 0 Å². The Morgan fingerprint density at radius 2 is 2.06 bits per heavy atom. The fourth-order valence-corrected chi connectivity index (χ4v) is 1.73. The molecule has 16 heavy (non-hydrogen) atoms. The first-order valence-corrected chi connectivity index (χ1v) is 5.55. The fourth-order valence-electron chi connectivity index (χ4n) is 1.73. The molecule has 86 valence electrons. The van der Waals surface area contributed by atoms with E-state index in [9.17, 15) is 4.39 Å². The Morgan fingerprint density at radius 1 is 1.38 bits per heavy atom. The van der Waals surface area contributed by atoms with Crippen LogP contribution in [-0.2, 0) is 0 Å². The highest BCUT2D eigenvalue weighted by atomic mass is 19.1. The van der Waals surface area contributed by atoms with Gasteiger partial charge in [0, 0.05) is 18.3 Å².